The quantitative estimate of drug-likeness (QED) is 0.760. The molecule has 0 spiro atoms. The third kappa shape index (κ3) is 2.08. The Morgan fingerprint density at radius 2 is 1.89 bits per heavy atom. The van der Waals surface area contributed by atoms with Gasteiger partial charge in [0.2, 0.25) is 0 Å². The SMILES string of the molecule is Cc1ccccc1-c1cncn1-c1ccc(N)nc1. The Bertz CT molecular complexity index is 698. The summed E-state index contributed by atoms with van der Waals surface area (Å²) in [6.45, 7) is 2.09. The second kappa shape index (κ2) is 4.57. The summed E-state index contributed by atoms with van der Waals surface area (Å²) in [4.78, 5) is 8.36. The standard InChI is InChI=1S/C15H14N4/c1-11-4-2-3-5-13(11)14-9-17-10-19(14)12-6-7-15(16)18-8-12/h2-10H,1H3,(H2,16,18). The molecular formula is C15H14N4. The first-order valence-corrected chi connectivity index (χ1v) is 6.06. The lowest BCUT2D eigenvalue weighted by Gasteiger charge is -2.10. The summed E-state index contributed by atoms with van der Waals surface area (Å²) in [5.74, 6) is 0.515. The molecule has 0 aliphatic rings. The first kappa shape index (κ1) is 11.5. The number of aromatic nitrogens is 3. The zero-order valence-corrected chi connectivity index (χ0v) is 10.6. The molecule has 0 saturated carbocycles. The van der Waals surface area contributed by atoms with E-state index in [0.717, 1.165) is 16.9 Å². The number of nitrogens with two attached hydrogens (primary N) is 1. The van der Waals surface area contributed by atoms with Crippen LogP contribution in [0.3, 0.4) is 0 Å². The Morgan fingerprint density at radius 1 is 1.05 bits per heavy atom. The van der Waals surface area contributed by atoms with E-state index in [-0.39, 0.29) is 0 Å². The number of nitrogens with zero attached hydrogens (tertiary/aromatic N) is 3. The summed E-state index contributed by atoms with van der Waals surface area (Å²) in [6, 6.07) is 12.0. The minimum absolute atomic E-state index is 0.515. The van der Waals surface area contributed by atoms with E-state index in [2.05, 4.69) is 29.0 Å². The molecule has 0 aliphatic carbocycles. The Hall–Kier alpha value is -2.62. The van der Waals surface area contributed by atoms with Gasteiger partial charge < -0.3 is 5.73 Å². The fraction of sp³-hybridized carbons (Fsp3) is 0.0667. The molecular weight excluding hydrogens is 236 g/mol. The van der Waals surface area contributed by atoms with Crippen molar-refractivity contribution in [3.8, 4) is 16.9 Å². The number of imidazole rings is 1. The maximum absolute atomic E-state index is 5.62. The van der Waals surface area contributed by atoms with Crippen LogP contribution in [-0.4, -0.2) is 14.5 Å². The predicted molar refractivity (Wildman–Crippen MR) is 75.9 cm³/mol. The maximum atomic E-state index is 5.62. The molecule has 2 heterocycles. The summed E-state index contributed by atoms with van der Waals surface area (Å²) in [5.41, 5.74) is 9.99. The van der Waals surface area contributed by atoms with Crippen LogP contribution >= 0.6 is 0 Å². The normalized spacial score (nSPS) is 10.6. The average molecular weight is 250 g/mol. The van der Waals surface area contributed by atoms with E-state index >= 15 is 0 Å². The van der Waals surface area contributed by atoms with E-state index in [4.69, 9.17) is 5.73 Å². The van der Waals surface area contributed by atoms with Crippen molar-refractivity contribution in [3.63, 3.8) is 0 Å². The third-order valence-corrected chi connectivity index (χ3v) is 3.11. The van der Waals surface area contributed by atoms with E-state index in [1.54, 1.807) is 18.6 Å². The third-order valence-electron chi connectivity index (χ3n) is 3.11. The Balaban J connectivity index is 2.13. The lowest BCUT2D eigenvalue weighted by atomic mass is 10.1. The van der Waals surface area contributed by atoms with Crippen LogP contribution in [0.25, 0.3) is 16.9 Å². The molecule has 0 aliphatic heterocycles. The molecule has 0 unspecified atom stereocenters. The van der Waals surface area contributed by atoms with Gasteiger partial charge in [-0.25, -0.2) is 9.97 Å². The molecule has 19 heavy (non-hydrogen) atoms. The molecule has 3 rings (SSSR count). The summed E-state index contributed by atoms with van der Waals surface area (Å²) >= 11 is 0. The zero-order valence-electron chi connectivity index (χ0n) is 10.6. The van der Waals surface area contributed by atoms with Crippen molar-refractivity contribution >= 4 is 5.82 Å². The summed E-state index contributed by atoms with van der Waals surface area (Å²) in [5, 5.41) is 0. The summed E-state index contributed by atoms with van der Waals surface area (Å²) < 4.78 is 2.01. The minimum Gasteiger partial charge on any atom is -0.384 e. The molecule has 0 fully saturated rings. The molecule has 1 aromatic carbocycles. The monoisotopic (exact) mass is 250 g/mol. The van der Waals surface area contributed by atoms with E-state index in [1.807, 2.05) is 29.0 Å². The molecule has 0 radical (unpaired) electrons. The van der Waals surface area contributed by atoms with Gasteiger partial charge in [-0.15, -0.1) is 0 Å². The minimum atomic E-state index is 0.515. The van der Waals surface area contributed by atoms with Crippen molar-refractivity contribution in [3.05, 3.63) is 60.7 Å². The van der Waals surface area contributed by atoms with Crippen LogP contribution in [0.2, 0.25) is 0 Å². The van der Waals surface area contributed by atoms with Crippen LogP contribution in [-0.2, 0) is 0 Å². The van der Waals surface area contributed by atoms with Crippen molar-refractivity contribution in [2.24, 2.45) is 0 Å². The van der Waals surface area contributed by atoms with Crippen molar-refractivity contribution in [1.29, 1.82) is 0 Å². The van der Waals surface area contributed by atoms with Crippen LogP contribution in [0.5, 0.6) is 0 Å². The first-order valence-electron chi connectivity index (χ1n) is 6.06. The van der Waals surface area contributed by atoms with Crippen molar-refractivity contribution in [1.82, 2.24) is 14.5 Å². The van der Waals surface area contributed by atoms with Gasteiger partial charge in [0.1, 0.15) is 5.82 Å². The van der Waals surface area contributed by atoms with Crippen molar-refractivity contribution < 1.29 is 0 Å². The molecule has 0 bridgehead atoms. The molecule has 0 saturated heterocycles. The van der Waals surface area contributed by atoms with Crippen LogP contribution < -0.4 is 5.73 Å². The molecule has 4 heteroatoms. The molecule has 3 aromatic rings. The van der Waals surface area contributed by atoms with Crippen molar-refractivity contribution in [2.45, 2.75) is 6.92 Å². The number of hydrogen-bond donors (Lipinski definition) is 1. The zero-order chi connectivity index (χ0) is 13.2. The molecule has 2 N–H and O–H groups in total. The highest BCUT2D eigenvalue weighted by molar-refractivity contribution is 5.65. The van der Waals surface area contributed by atoms with Gasteiger partial charge in [-0.1, -0.05) is 24.3 Å². The van der Waals surface area contributed by atoms with Crippen LogP contribution in [0, 0.1) is 6.92 Å². The van der Waals surface area contributed by atoms with E-state index in [9.17, 15) is 0 Å². The Kier molecular flexibility index (Phi) is 2.76. The lowest BCUT2D eigenvalue weighted by Crippen LogP contribution is -1.98. The largest absolute Gasteiger partial charge is 0.384 e. The number of aryl methyl sites for hydroxylation is 1. The maximum Gasteiger partial charge on any atom is 0.123 e. The Labute approximate surface area is 111 Å². The summed E-state index contributed by atoms with van der Waals surface area (Å²) in [6.07, 6.45) is 5.40. The average Bonchev–Trinajstić information content (AvgIpc) is 2.89. The topological polar surface area (TPSA) is 56.7 Å². The second-order valence-electron chi connectivity index (χ2n) is 4.41. The number of rotatable bonds is 2. The summed E-state index contributed by atoms with van der Waals surface area (Å²) in [7, 11) is 0. The second-order valence-corrected chi connectivity index (χ2v) is 4.41. The number of nitrogen functional groups attached to an aromatic ring is 1. The van der Waals surface area contributed by atoms with Gasteiger partial charge in [-0.3, -0.25) is 4.57 Å². The van der Waals surface area contributed by atoms with Gasteiger partial charge in [-0.2, -0.15) is 0 Å². The van der Waals surface area contributed by atoms with Gasteiger partial charge >= 0.3 is 0 Å². The molecule has 4 nitrogen and oxygen atoms in total. The molecule has 2 aromatic heterocycles. The van der Waals surface area contributed by atoms with E-state index in [1.165, 1.54) is 5.56 Å². The van der Waals surface area contributed by atoms with Gasteiger partial charge in [0.05, 0.1) is 30.1 Å². The molecule has 0 atom stereocenters. The highest BCUT2D eigenvalue weighted by Crippen LogP contribution is 2.25. The fourth-order valence-electron chi connectivity index (χ4n) is 2.10. The van der Waals surface area contributed by atoms with Gasteiger partial charge in [0.15, 0.2) is 0 Å². The number of benzene rings is 1. The number of anilines is 1. The van der Waals surface area contributed by atoms with Crippen LogP contribution in [0.1, 0.15) is 5.56 Å². The smallest absolute Gasteiger partial charge is 0.123 e. The number of hydrogen-bond acceptors (Lipinski definition) is 3. The van der Waals surface area contributed by atoms with E-state index < -0.39 is 0 Å². The predicted octanol–water partition coefficient (Wildman–Crippen LogP) is 2.82. The van der Waals surface area contributed by atoms with Gasteiger partial charge in [-0.05, 0) is 24.6 Å². The van der Waals surface area contributed by atoms with Crippen LogP contribution in [0.4, 0.5) is 5.82 Å². The first-order chi connectivity index (χ1) is 9.25. The Morgan fingerprint density at radius 3 is 2.63 bits per heavy atom. The van der Waals surface area contributed by atoms with Crippen LogP contribution in [0.15, 0.2) is 55.1 Å². The highest BCUT2D eigenvalue weighted by atomic mass is 15.1. The fourth-order valence-corrected chi connectivity index (χ4v) is 2.10. The highest BCUT2D eigenvalue weighted by Gasteiger charge is 2.08. The van der Waals surface area contributed by atoms with Gasteiger partial charge in [0, 0.05) is 5.56 Å². The molecule has 94 valence electrons. The lowest BCUT2D eigenvalue weighted by molar-refractivity contribution is 1.04. The number of pyridine rings is 1. The molecule has 0 amide bonds. The van der Waals surface area contributed by atoms with E-state index in [0.29, 0.717) is 5.82 Å². The van der Waals surface area contributed by atoms with Crippen molar-refractivity contribution in [2.75, 3.05) is 5.73 Å². The van der Waals surface area contributed by atoms with Gasteiger partial charge in [0.25, 0.3) is 0 Å².